The average Bonchev–Trinajstić information content (AvgIpc) is 3.15. The van der Waals surface area contributed by atoms with Gasteiger partial charge < -0.3 is 5.73 Å². The summed E-state index contributed by atoms with van der Waals surface area (Å²) in [6, 6.07) is 10.6. The van der Waals surface area contributed by atoms with Crippen LogP contribution in [-0.4, -0.2) is 16.2 Å². The lowest BCUT2D eigenvalue weighted by Crippen LogP contribution is -2.41. The molecule has 0 aromatic heterocycles. The summed E-state index contributed by atoms with van der Waals surface area (Å²) in [7, 11) is 0. The van der Waals surface area contributed by atoms with Crippen LogP contribution < -0.4 is 5.73 Å². The first-order chi connectivity index (χ1) is 12.8. The minimum Gasteiger partial charge on any atom is -0.369 e. The summed E-state index contributed by atoms with van der Waals surface area (Å²) < 4.78 is 27.3. The highest BCUT2D eigenvalue weighted by atomic mass is 32.2. The Balaban J connectivity index is 1.67. The van der Waals surface area contributed by atoms with Crippen molar-refractivity contribution in [1.82, 2.24) is 5.06 Å². The highest BCUT2D eigenvalue weighted by molar-refractivity contribution is 8.03. The molecule has 1 amide bonds. The van der Waals surface area contributed by atoms with Crippen LogP contribution in [0.15, 0.2) is 53.1 Å². The van der Waals surface area contributed by atoms with Gasteiger partial charge in [0.2, 0.25) is 5.91 Å². The van der Waals surface area contributed by atoms with Crippen LogP contribution >= 0.6 is 11.8 Å². The molecule has 0 spiro atoms. The molecule has 7 heteroatoms. The fourth-order valence-electron chi connectivity index (χ4n) is 3.93. The monoisotopic (exact) mass is 388 g/mol. The third-order valence-electron chi connectivity index (χ3n) is 5.42. The topological polar surface area (TPSA) is 66.6 Å². The first kappa shape index (κ1) is 18.0. The van der Waals surface area contributed by atoms with Gasteiger partial charge in [-0.3, -0.25) is 10.0 Å². The number of rotatable bonds is 3. The molecule has 2 aromatic carbocycles. The van der Waals surface area contributed by atoms with Crippen molar-refractivity contribution < 1.29 is 18.8 Å². The molecule has 0 unspecified atom stereocenters. The van der Waals surface area contributed by atoms with Crippen LogP contribution in [0, 0.1) is 18.6 Å². The third-order valence-corrected chi connectivity index (χ3v) is 6.78. The lowest BCUT2D eigenvalue weighted by Gasteiger charge is -2.32. The molecule has 1 aliphatic carbocycles. The van der Waals surface area contributed by atoms with E-state index in [-0.39, 0.29) is 12.2 Å². The summed E-state index contributed by atoms with van der Waals surface area (Å²) in [6.45, 7) is 1.63. The summed E-state index contributed by atoms with van der Waals surface area (Å²) in [6.07, 6.45) is 0.505. The molecule has 3 N–H and O–H groups in total. The van der Waals surface area contributed by atoms with E-state index in [1.54, 1.807) is 31.2 Å². The zero-order valence-electron chi connectivity index (χ0n) is 14.6. The van der Waals surface area contributed by atoms with E-state index in [2.05, 4.69) is 0 Å². The molecule has 0 saturated carbocycles. The molecular formula is C20H18F2N2O2S. The Kier molecular flexibility index (Phi) is 4.24. The minimum absolute atomic E-state index is 0.198. The number of primary amides is 1. The van der Waals surface area contributed by atoms with E-state index in [1.807, 2.05) is 0 Å². The largest absolute Gasteiger partial charge is 0.369 e. The fourth-order valence-corrected chi connectivity index (χ4v) is 5.35. The van der Waals surface area contributed by atoms with Crippen molar-refractivity contribution in [2.24, 2.45) is 5.73 Å². The van der Waals surface area contributed by atoms with E-state index in [9.17, 15) is 18.8 Å². The highest BCUT2D eigenvalue weighted by Gasteiger charge is 2.51. The van der Waals surface area contributed by atoms with Gasteiger partial charge in [0, 0.05) is 11.3 Å². The maximum Gasteiger partial charge on any atom is 0.228 e. The van der Waals surface area contributed by atoms with Crippen LogP contribution in [0.1, 0.15) is 34.9 Å². The Labute approximate surface area is 159 Å². The molecule has 0 saturated heterocycles. The standard InChI is InChI=1S/C20H18F2N2O2S/c1-11-14(3-2-4-15(11)22)20(19(23)25)9-16-17(10-20)27-18(24(16)26)12-5-7-13(21)8-6-12/h2-8,18,26H,9-10H2,1H3,(H2,23,25)/t18-,20-/m0/s1. The predicted molar refractivity (Wildman–Crippen MR) is 98.6 cm³/mol. The Bertz CT molecular complexity index is 961. The van der Waals surface area contributed by atoms with Crippen molar-refractivity contribution in [2.45, 2.75) is 30.6 Å². The van der Waals surface area contributed by atoms with Crippen molar-refractivity contribution in [2.75, 3.05) is 0 Å². The molecule has 0 bridgehead atoms. The zero-order chi connectivity index (χ0) is 19.3. The number of carbonyl (C=O) groups excluding carboxylic acids is 1. The Morgan fingerprint density at radius 1 is 1.22 bits per heavy atom. The highest BCUT2D eigenvalue weighted by Crippen LogP contribution is 2.58. The van der Waals surface area contributed by atoms with Crippen LogP contribution in [0.3, 0.4) is 0 Å². The fraction of sp³-hybridized carbons (Fsp3) is 0.250. The second-order valence-electron chi connectivity index (χ2n) is 6.95. The SMILES string of the molecule is Cc1c(F)cccc1[C@@]1(C(N)=O)CC2=C(C1)N(O)[C@H](c1ccc(F)cc1)S2. The number of thioether (sulfide) groups is 1. The van der Waals surface area contributed by atoms with E-state index in [4.69, 9.17) is 5.73 Å². The van der Waals surface area contributed by atoms with E-state index in [0.29, 0.717) is 23.2 Å². The Morgan fingerprint density at radius 3 is 2.56 bits per heavy atom. The molecule has 0 radical (unpaired) electrons. The van der Waals surface area contributed by atoms with Crippen molar-refractivity contribution in [3.63, 3.8) is 0 Å². The van der Waals surface area contributed by atoms with Crippen molar-refractivity contribution in [3.05, 3.63) is 81.4 Å². The molecular weight excluding hydrogens is 370 g/mol. The van der Waals surface area contributed by atoms with E-state index in [1.165, 1.54) is 30.0 Å². The molecule has 140 valence electrons. The van der Waals surface area contributed by atoms with Crippen LogP contribution in [0.5, 0.6) is 0 Å². The zero-order valence-corrected chi connectivity index (χ0v) is 15.4. The number of allylic oxidation sites excluding steroid dienone is 2. The lowest BCUT2D eigenvalue weighted by atomic mass is 9.75. The lowest BCUT2D eigenvalue weighted by molar-refractivity contribution is -0.124. The van der Waals surface area contributed by atoms with Gasteiger partial charge in [0.25, 0.3) is 0 Å². The van der Waals surface area contributed by atoms with Gasteiger partial charge in [-0.25, -0.2) is 13.8 Å². The summed E-state index contributed by atoms with van der Waals surface area (Å²) in [5.74, 6) is -1.28. The number of amides is 1. The molecule has 4 rings (SSSR count). The molecule has 2 aromatic rings. The van der Waals surface area contributed by atoms with Crippen LogP contribution in [0.4, 0.5) is 8.78 Å². The average molecular weight is 388 g/mol. The van der Waals surface area contributed by atoms with Gasteiger partial charge in [0.15, 0.2) is 0 Å². The summed E-state index contributed by atoms with van der Waals surface area (Å²) in [4.78, 5) is 13.3. The maximum atomic E-state index is 14.1. The molecule has 2 atom stereocenters. The van der Waals surface area contributed by atoms with Gasteiger partial charge in [-0.2, -0.15) is 0 Å². The summed E-state index contributed by atoms with van der Waals surface area (Å²) in [5.41, 5.74) is 6.98. The predicted octanol–water partition coefficient (Wildman–Crippen LogP) is 4.14. The van der Waals surface area contributed by atoms with Crippen LogP contribution in [0.25, 0.3) is 0 Å². The number of hydrogen-bond donors (Lipinski definition) is 2. The number of halogens is 2. The van der Waals surface area contributed by atoms with Crippen molar-refractivity contribution in [1.29, 1.82) is 0 Å². The number of nitrogens with zero attached hydrogens (tertiary/aromatic N) is 1. The molecule has 1 aliphatic heterocycles. The van der Waals surface area contributed by atoms with Crippen LogP contribution in [-0.2, 0) is 10.2 Å². The number of hydrogen-bond acceptors (Lipinski definition) is 4. The first-order valence-corrected chi connectivity index (χ1v) is 9.39. The van der Waals surface area contributed by atoms with E-state index >= 15 is 0 Å². The van der Waals surface area contributed by atoms with Gasteiger partial charge in [-0.15, -0.1) is 0 Å². The second kappa shape index (κ2) is 6.35. The molecule has 1 heterocycles. The third kappa shape index (κ3) is 2.73. The van der Waals surface area contributed by atoms with Gasteiger partial charge in [-0.05, 0) is 48.2 Å². The summed E-state index contributed by atoms with van der Waals surface area (Å²) in [5, 5.41) is 11.4. The molecule has 4 nitrogen and oxygen atoms in total. The summed E-state index contributed by atoms with van der Waals surface area (Å²) >= 11 is 1.40. The van der Waals surface area contributed by atoms with Crippen molar-refractivity contribution in [3.8, 4) is 0 Å². The quantitative estimate of drug-likeness (QED) is 0.829. The van der Waals surface area contributed by atoms with Crippen molar-refractivity contribution >= 4 is 17.7 Å². The number of benzene rings is 2. The number of carbonyl (C=O) groups is 1. The number of nitrogens with two attached hydrogens (primary N) is 1. The van der Waals surface area contributed by atoms with E-state index in [0.717, 1.165) is 15.5 Å². The minimum atomic E-state index is -1.08. The first-order valence-electron chi connectivity index (χ1n) is 8.51. The van der Waals surface area contributed by atoms with E-state index < -0.39 is 22.5 Å². The van der Waals surface area contributed by atoms with Crippen LogP contribution in [0.2, 0.25) is 0 Å². The van der Waals surface area contributed by atoms with Gasteiger partial charge in [0.1, 0.15) is 17.0 Å². The Hall–Kier alpha value is -2.38. The normalized spacial score (nSPS) is 24.4. The second-order valence-corrected chi connectivity index (χ2v) is 8.12. The molecule has 27 heavy (non-hydrogen) atoms. The number of hydroxylamine groups is 2. The molecule has 0 fully saturated rings. The van der Waals surface area contributed by atoms with Gasteiger partial charge in [-0.1, -0.05) is 36.0 Å². The molecule has 2 aliphatic rings. The van der Waals surface area contributed by atoms with Gasteiger partial charge >= 0.3 is 0 Å². The van der Waals surface area contributed by atoms with Gasteiger partial charge in [0.05, 0.1) is 11.1 Å². The smallest absolute Gasteiger partial charge is 0.228 e. The Morgan fingerprint density at radius 2 is 1.93 bits per heavy atom. The maximum absolute atomic E-state index is 14.1.